The number of nitrogens with zero attached hydrogens (tertiary/aromatic N) is 2. The van der Waals surface area contributed by atoms with Crippen molar-refractivity contribution in [2.45, 2.75) is 268 Å². The van der Waals surface area contributed by atoms with Crippen LogP contribution in [0.5, 0.6) is 5.75 Å². The summed E-state index contributed by atoms with van der Waals surface area (Å²) in [7, 11) is 3.91. The van der Waals surface area contributed by atoms with Gasteiger partial charge in [-0.25, -0.2) is 0 Å². The van der Waals surface area contributed by atoms with Crippen LogP contribution in [0.1, 0.15) is 243 Å². The Morgan fingerprint density at radius 2 is 0.942 bits per heavy atom. The van der Waals surface area contributed by atoms with Gasteiger partial charge in [-0.2, -0.15) is 0 Å². The summed E-state index contributed by atoms with van der Waals surface area (Å²) in [6.07, 6.45) is 8.26. The lowest BCUT2D eigenvalue weighted by Crippen LogP contribution is -2.43. The second-order valence-corrected chi connectivity index (χ2v) is 35.5. The van der Waals surface area contributed by atoms with Crippen LogP contribution >= 0.6 is 34.8 Å². The maximum atomic E-state index is 6.03. The van der Waals surface area contributed by atoms with Crippen molar-refractivity contribution in [2.75, 3.05) is 73.2 Å². The predicted octanol–water partition coefficient (Wildman–Crippen LogP) is 25.1. The maximum absolute atomic E-state index is 6.03. The van der Waals surface area contributed by atoms with E-state index in [9.17, 15) is 0 Å². The predicted molar refractivity (Wildman–Crippen MR) is 525 cm³/mol. The third kappa shape index (κ3) is 45.6. The number of hydrogen-bond donors (Lipinski definition) is 7. The largest absolute Gasteiger partial charge is 0.497 e. The quantitative estimate of drug-likeness (QED) is 0.0214. The van der Waals surface area contributed by atoms with Gasteiger partial charge in [0.05, 0.1) is 20.3 Å². The number of methoxy groups -OCH3 is 1. The first-order valence-corrected chi connectivity index (χ1v) is 46.0. The van der Waals surface area contributed by atoms with Crippen molar-refractivity contribution < 1.29 is 9.47 Å². The van der Waals surface area contributed by atoms with E-state index in [1.54, 1.807) is 24.3 Å². The van der Waals surface area contributed by atoms with Gasteiger partial charge in [0, 0.05) is 121 Å². The Hall–Kier alpha value is -6.75. The van der Waals surface area contributed by atoms with Crippen molar-refractivity contribution in [3.05, 3.63) is 301 Å². The first-order valence-electron chi connectivity index (χ1n) is 44.9. The molecule has 7 N–H and O–H groups in total. The first-order chi connectivity index (χ1) is 57.5. The number of rotatable bonds is 33. The summed E-state index contributed by atoms with van der Waals surface area (Å²) in [4.78, 5) is 4.98. The van der Waals surface area contributed by atoms with Gasteiger partial charge in [0.15, 0.2) is 0 Å². The molecular formula is C106H158Cl3N9O2. The molecule has 660 valence electrons. The molecule has 1 aliphatic carbocycles. The molecule has 1 fully saturated rings. The van der Waals surface area contributed by atoms with E-state index in [-0.39, 0.29) is 0 Å². The number of likely N-dealkylation sites (N-methyl/N-ethyl adjacent to an activating group) is 1. The first kappa shape index (κ1) is 106. The molecule has 0 aromatic heterocycles. The Morgan fingerprint density at radius 1 is 0.467 bits per heavy atom. The summed E-state index contributed by atoms with van der Waals surface area (Å²) in [6, 6.07) is 86.2. The number of halogens is 3. The molecule has 5 atom stereocenters. The number of hydrogen-bond acceptors (Lipinski definition) is 11. The van der Waals surface area contributed by atoms with Crippen LogP contribution in [-0.4, -0.2) is 131 Å². The monoisotopic (exact) mass is 1690 g/mol. The zero-order valence-electron chi connectivity index (χ0n) is 77.8. The molecule has 0 bridgehead atoms. The fourth-order valence-electron chi connectivity index (χ4n) is 13.8. The van der Waals surface area contributed by atoms with Crippen molar-refractivity contribution in [3.8, 4) is 16.9 Å². The Bertz CT molecular complexity index is 3990. The summed E-state index contributed by atoms with van der Waals surface area (Å²) < 4.78 is 10.5. The van der Waals surface area contributed by atoms with E-state index in [0.29, 0.717) is 77.4 Å². The van der Waals surface area contributed by atoms with Gasteiger partial charge in [0.25, 0.3) is 0 Å². The molecule has 0 saturated carbocycles. The van der Waals surface area contributed by atoms with Crippen LogP contribution in [0, 0.1) is 6.92 Å². The Balaban J connectivity index is 0.000000289. The number of morpholine rings is 1. The summed E-state index contributed by atoms with van der Waals surface area (Å²) in [5, 5.41) is 26.5. The minimum atomic E-state index is 0.458. The smallest absolute Gasteiger partial charge is 0.118 e. The normalized spacial score (nSPS) is 14.1. The van der Waals surface area contributed by atoms with Crippen LogP contribution in [0.4, 0.5) is 0 Å². The van der Waals surface area contributed by atoms with Gasteiger partial charge in [-0.05, 0) is 195 Å². The topological polar surface area (TPSA) is 109 Å². The average Bonchev–Trinajstić information content (AvgIpc) is 0.829. The van der Waals surface area contributed by atoms with Crippen LogP contribution < -0.4 is 42.0 Å². The molecule has 0 spiro atoms. The number of aryl methyl sites for hydroxylation is 2. The van der Waals surface area contributed by atoms with Crippen molar-refractivity contribution in [2.24, 2.45) is 0 Å². The minimum Gasteiger partial charge on any atom is -0.497 e. The third-order valence-electron chi connectivity index (χ3n) is 21.0. The van der Waals surface area contributed by atoms with Gasteiger partial charge in [-0.15, -0.1) is 0 Å². The van der Waals surface area contributed by atoms with E-state index in [1.807, 2.05) is 42.5 Å². The maximum Gasteiger partial charge on any atom is 0.118 e. The van der Waals surface area contributed by atoms with Gasteiger partial charge >= 0.3 is 0 Å². The molecule has 11 nitrogen and oxygen atoms in total. The molecule has 9 aromatic rings. The second-order valence-electron chi connectivity index (χ2n) is 34.3. The van der Waals surface area contributed by atoms with Crippen LogP contribution in [0.15, 0.2) is 231 Å². The highest BCUT2D eigenvalue weighted by Gasteiger charge is 2.24. The number of ether oxygens (including phenoxy) is 2. The number of fused-ring (bicyclic) bond motifs is 1. The SMILES string of the molecule is CC(C)N(C)C(CN1CCOCC1)c1ccccc1.CC(C)NCC(C)c1ccc(Cl)cc1.CC(C)NCC1CCCc2ccccc21.CC(C)NCCc1ccc(Cl)cc1Cl.CC(C)NCc1ccc(-c2ccccc2)cc1.CC[C@H](NC(C)C)c1ccc(C)cc1.CC[C@H](NC(C)C)c1ccccc1.COc1ccc(CCNC(C)C)cc1. The van der Waals surface area contributed by atoms with Gasteiger partial charge in [-0.1, -0.05) is 352 Å². The molecule has 0 radical (unpaired) electrons. The van der Waals surface area contributed by atoms with E-state index in [2.05, 4.69) is 375 Å². The highest BCUT2D eigenvalue weighted by molar-refractivity contribution is 6.35. The van der Waals surface area contributed by atoms with Crippen LogP contribution in [0.2, 0.25) is 15.1 Å². The summed E-state index contributed by atoms with van der Waals surface area (Å²) in [5.74, 6) is 2.19. The Kier molecular flexibility index (Phi) is 54.2. The van der Waals surface area contributed by atoms with Gasteiger partial charge < -0.3 is 46.7 Å². The molecule has 1 heterocycles. The number of nitrogens with one attached hydrogen (secondary N) is 7. The van der Waals surface area contributed by atoms with Crippen molar-refractivity contribution >= 4 is 34.8 Å². The van der Waals surface area contributed by atoms with Crippen LogP contribution in [-0.2, 0) is 30.5 Å². The standard InChI is InChI=1S/C16H26N2O.C16H19N.C14H21N.C13H21N.C12H18ClN.C12H19NO.C12H19N.C11H15Cl2N/c1-14(2)17(3)16(15-7-5-4-6-8-15)13-18-9-11-19-12-10-18;1-13(2)17-12-14-8-10-16(11-9-14)15-6-4-3-5-7-15;1-11(2)15-10-13-8-5-7-12-6-3-4-9-14(12)13;1-5-13(14-10(2)3)12-8-6-11(4)7-9-12;1-9(2)14-8-10(3)11-4-6-12(13)7-5-11;1-10(2)13-9-8-11-4-6-12(14-3)7-5-11;1-4-12(13-10(2)3)11-8-6-5-7-9-11;1-8(2)14-6-5-9-3-4-10(12)7-11(9)13/h4-8,14,16H,9-13H2,1-3H3;3-11,13,17H,12H2,1-2H3;3-4,6,9,11,13,15H,5,7-8,10H2,1-2H3;6-10,13-14H,5H2,1-4H3;4-7,9-10,14H,8H2,1-3H3;4-7,10,13H,8-9H2,1-3H3;5-10,12-13H,4H2,1-3H3;3-4,7-8,14H,5-6H2,1-2H3/t;;;13-;;;12-;/m...0..0./s1. The molecule has 9 aromatic carbocycles. The van der Waals surface area contributed by atoms with Crippen LogP contribution in [0.25, 0.3) is 11.1 Å². The van der Waals surface area contributed by atoms with Gasteiger partial charge in [0.2, 0.25) is 0 Å². The van der Waals surface area contributed by atoms with E-state index >= 15 is 0 Å². The number of benzene rings is 9. The van der Waals surface area contributed by atoms with E-state index in [0.717, 1.165) is 119 Å². The summed E-state index contributed by atoms with van der Waals surface area (Å²) >= 11 is 17.7. The molecular weight excluding hydrogens is 1540 g/mol. The summed E-state index contributed by atoms with van der Waals surface area (Å²) in [6.45, 7) is 53.7. The van der Waals surface area contributed by atoms with Crippen molar-refractivity contribution in [1.29, 1.82) is 0 Å². The molecule has 11 rings (SSSR count). The molecule has 120 heavy (non-hydrogen) atoms. The van der Waals surface area contributed by atoms with Gasteiger partial charge in [-0.3, -0.25) is 9.80 Å². The molecule has 3 unspecified atom stereocenters. The molecule has 1 aliphatic heterocycles. The average molecular weight is 1700 g/mol. The highest BCUT2D eigenvalue weighted by Crippen LogP contribution is 2.32. The van der Waals surface area contributed by atoms with Crippen molar-refractivity contribution in [1.82, 2.24) is 47.0 Å². The zero-order chi connectivity index (χ0) is 88.2. The summed E-state index contributed by atoms with van der Waals surface area (Å²) in [5.41, 5.74) is 16.4. The second kappa shape index (κ2) is 61.5. The lowest BCUT2D eigenvalue weighted by molar-refractivity contribution is 0.0219. The minimum absolute atomic E-state index is 0.458. The fraction of sp³-hybridized carbons (Fsp3) is 0.491. The molecule has 14 heteroatoms. The molecule has 0 amide bonds. The Labute approximate surface area is 745 Å². The van der Waals surface area contributed by atoms with Crippen molar-refractivity contribution in [3.63, 3.8) is 0 Å². The lowest BCUT2D eigenvalue weighted by atomic mass is 9.83. The zero-order valence-corrected chi connectivity index (χ0v) is 80.1. The lowest BCUT2D eigenvalue weighted by Gasteiger charge is -2.37. The Morgan fingerprint density at radius 3 is 1.45 bits per heavy atom. The molecule has 2 aliphatic rings. The third-order valence-corrected chi connectivity index (χ3v) is 21.8. The van der Waals surface area contributed by atoms with E-state index < -0.39 is 0 Å². The van der Waals surface area contributed by atoms with Gasteiger partial charge in [0.1, 0.15) is 5.75 Å². The fourth-order valence-corrected chi connectivity index (χ4v) is 14.4. The molecule has 1 saturated heterocycles. The van der Waals surface area contributed by atoms with E-state index in [1.165, 1.54) is 69.3 Å². The van der Waals surface area contributed by atoms with Crippen LogP contribution in [0.3, 0.4) is 0 Å². The van der Waals surface area contributed by atoms with E-state index in [4.69, 9.17) is 44.3 Å². The highest BCUT2D eigenvalue weighted by atomic mass is 35.5.